The number of esters is 1. The predicted octanol–water partition coefficient (Wildman–Crippen LogP) is 2.70. The maximum absolute atomic E-state index is 11.6. The Morgan fingerprint density at radius 2 is 2.21 bits per heavy atom. The van der Waals surface area contributed by atoms with E-state index in [1.54, 1.807) is 19.2 Å². The normalized spacial score (nSPS) is 11.1. The van der Waals surface area contributed by atoms with E-state index in [4.69, 9.17) is 10.00 Å². The lowest BCUT2D eigenvalue weighted by Crippen LogP contribution is -2.06. The van der Waals surface area contributed by atoms with Crippen molar-refractivity contribution in [3.63, 3.8) is 0 Å². The highest BCUT2D eigenvalue weighted by Gasteiger charge is 2.10. The summed E-state index contributed by atoms with van der Waals surface area (Å²) in [6.45, 7) is 1.95. The fourth-order valence-corrected chi connectivity index (χ4v) is 1.75. The Morgan fingerprint density at radius 1 is 1.42 bits per heavy atom. The highest BCUT2D eigenvalue weighted by molar-refractivity contribution is 6.00. The quantitative estimate of drug-likeness (QED) is 0.478. The number of benzene rings is 1. The van der Waals surface area contributed by atoms with Crippen LogP contribution in [0, 0.1) is 11.3 Å². The average Bonchev–Trinajstić information content (AvgIpc) is 2.45. The fourth-order valence-electron chi connectivity index (χ4n) is 1.75. The molecule has 19 heavy (non-hydrogen) atoms. The van der Waals surface area contributed by atoms with Gasteiger partial charge in [0.05, 0.1) is 12.1 Å². The molecule has 0 spiro atoms. The van der Waals surface area contributed by atoms with Crippen molar-refractivity contribution in [2.45, 2.75) is 6.92 Å². The molecule has 0 atom stereocenters. The Labute approximate surface area is 111 Å². The van der Waals surface area contributed by atoms with Gasteiger partial charge >= 0.3 is 5.97 Å². The largest absolute Gasteiger partial charge is 0.462 e. The second-order valence-corrected chi connectivity index (χ2v) is 3.81. The molecule has 0 unspecified atom stereocenters. The summed E-state index contributed by atoms with van der Waals surface area (Å²) < 4.78 is 4.83. The van der Waals surface area contributed by atoms with Crippen LogP contribution < -0.4 is 0 Å². The molecule has 0 N–H and O–H groups in total. The van der Waals surface area contributed by atoms with Crippen LogP contribution in [0.2, 0.25) is 0 Å². The molecule has 0 bridgehead atoms. The average molecular weight is 252 g/mol. The monoisotopic (exact) mass is 252 g/mol. The predicted molar refractivity (Wildman–Crippen MR) is 72.0 cm³/mol. The number of nitrogens with zero attached hydrogens (tertiary/aromatic N) is 2. The summed E-state index contributed by atoms with van der Waals surface area (Å²) in [5, 5.41) is 9.91. The first-order chi connectivity index (χ1) is 9.26. The van der Waals surface area contributed by atoms with Crippen molar-refractivity contribution in [1.82, 2.24) is 4.98 Å². The molecule has 0 amide bonds. The van der Waals surface area contributed by atoms with Crippen molar-refractivity contribution >= 4 is 22.9 Å². The molecule has 0 aliphatic carbocycles. The summed E-state index contributed by atoms with van der Waals surface area (Å²) in [4.78, 5) is 15.8. The van der Waals surface area contributed by atoms with Crippen LogP contribution in [0.15, 0.2) is 42.1 Å². The number of hydrogen-bond donors (Lipinski definition) is 0. The van der Waals surface area contributed by atoms with Crippen LogP contribution in [-0.4, -0.2) is 17.6 Å². The third-order valence-corrected chi connectivity index (χ3v) is 2.60. The van der Waals surface area contributed by atoms with E-state index < -0.39 is 5.97 Å². The van der Waals surface area contributed by atoms with E-state index >= 15 is 0 Å². The molecule has 0 fully saturated rings. The van der Waals surface area contributed by atoms with Crippen molar-refractivity contribution in [3.05, 3.63) is 47.7 Å². The number of aromatic nitrogens is 1. The SMILES string of the molecule is CCOC(=O)C(C#N)=Cc1ccnc2ccccc12. The van der Waals surface area contributed by atoms with Gasteiger partial charge < -0.3 is 4.74 Å². The zero-order chi connectivity index (χ0) is 13.7. The summed E-state index contributed by atoms with van der Waals surface area (Å²) >= 11 is 0. The number of hydrogen-bond acceptors (Lipinski definition) is 4. The van der Waals surface area contributed by atoms with Gasteiger partial charge in [0.2, 0.25) is 0 Å². The number of ether oxygens (including phenoxy) is 1. The molecule has 1 aromatic carbocycles. The van der Waals surface area contributed by atoms with Gasteiger partial charge in [-0.05, 0) is 30.7 Å². The topological polar surface area (TPSA) is 63.0 Å². The van der Waals surface area contributed by atoms with Gasteiger partial charge in [-0.2, -0.15) is 5.26 Å². The Balaban J connectivity index is 2.50. The van der Waals surface area contributed by atoms with Gasteiger partial charge in [-0.3, -0.25) is 4.98 Å². The highest BCUT2D eigenvalue weighted by Crippen LogP contribution is 2.19. The number of nitriles is 1. The number of pyridine rings is 1. The molecule has 2 rings (SSSR count). The van der Waals surface area contributed by atoms with Gasteiger partial charge in [0.25, 0.3) is 0 Å². The zero-order valence-corrected chi connectivity index (χ0v) is 10.5. The van der Waals surface area contributed by atoms with E-state index in [2.05, 4.69) is 4.98 Å². The number of para-hydroxylation sites is 1. The van der Waals surface area contributed by atoms with E-state index in [9.17, 15) is 4.79 Å². The number of carbonyl (C=O) groups excluding carboxylic acids is 1. The third kappa shape index (κ3) is 2.78. The molecule has 94 valence electrons. The smallest absolute Gasteiger partial charge is 0.348 e. The standard InChI is InChI=1S/C15H12N2O2/c1-2-19-15(18)12(10-16)9-11-7-8-17-14-6-4-3-5-13(11)14/h3-9H,2H2,1H3. The summed E-state index contributed by atoms with van der Waals surface area (Å²) in [6, 6.07) is 11.2. The van der Waals surface area contributed by atoms with E-state index in [0.717, 1.165) is 16.5 Å². The Hall–Kier alpha value is -2.67. The number of carbonyl (C=O) groups is 1. The Kier molecular flexibility index (Phi) is 3.89. The minimum atomic E-state index is -0.606. The molecule has 1 heterocycles. The molecule has 0 aliphatic heterocycles. The molecule has 1 aromatic heterocycles. The molecule has 4 nitrogen and oxygen atoms in total. The lowest BCUT2D eigenvalue weighted by molar-refractivity contribution is -0.137. The molecule has 4 heteroatoms. The van der Waals surface area contributed by atoms with Gasteiger partial charge in [-0.25, -0.2) is 4.79 Å². The molecule has 0 saturated carbocycles. The van der Waals surface area contributed by atoms with E-state index in [0.29, 0.717) is 0 Å². The first-order valence-corrected chi connectivity index (χ1v) is 5.89. The van der Waals surface area contributed by atoms with Crippen molar-refractivity contribution in [3.8, 4) is 6.07 Å². The van der Waals surface area contributed by atoms with Crippen LogP contribution in [0.5, 0.6) is 0 Å². The van der Waals surface area contributed by atoms with Crippen molar-refractivity contribution < 1.29 is 9.53 Å². The summed E-state index contributed by atoms with van der Waals surface area (Å²) in [5.74, 6) is -0.606. The second kappa shape index (κ2) is 5.78. The summed E-state index contributed by atoms with van der Waals surface area (Å²) in [6.07, 6.45) is 3.18. The number of rotatable bonds is 3. The highest BCUT2D eigenvalue weighted by atomic mass is 16.5. The van der Waals surface area contributed by atoms with Gasteiger partial charge in [0.15, 0.2) is 0 Å². The molecular formula is C15H12N2O2. The lowest BCUT2D eigenvalue weighted by Gasteiger charge is -2.03. The Bertz CT molecular complexity index is 679. The van der Waals surface area contributed by atoms with Crippen LogP contribution in [0.3, 0.4) is 0 Å². The molecule has 0 saturated heterocycles. The first-order valence-electron chi connectivity index (χ1n) is 5.89. The summed E-state index contributed by atoms with van der Waals surface area (Å²) in [7, 11) is 0. The fraction of sp³-hybridized carbons (Fsp3) is 0.133. The molecular weight excluding hydrogens is 240 g/mol. The van der Waals surface area contributed by atoms with Crippen molar-refractivity contribution in [1.29, 1.82) is 5.26 Å². The van der Waals surface area contributed by atoms with E-state index in [-0.39, 0.29) is 12.2 Å². The zero-order valence-electron chi connectivity index (χ0n) is 10.5. The third-order valence-electron chi connectivity index (χ3n) is 2.60. The van der Waals surface area contributed by atoms with E-state index in [1.165, 1.54) is 6.08 Å². The second-order valence-electron chi connectivity index (χ2n) is 3.81. The van der Waals surface area contributed by atoms with Gasteiger partial charge in [0.1, 0.15) is 11.6 Å². The van der Waals surface area contributed by atoms with Crippen LogP contribution in [0.1, 0.15) is 12.5 Å². The number of fused-ring (bicyclic) bond motifs is 1. The van der Waals surface area contributed by atoms with Crippen molar-refractivity contribution in [2.75, 3.05) is 6.61 Å². The maximum Gasteiger partial charge on any atom is 0.348 e. The van der Waals surface area contributed by atoms with Gasteiger partial charge in [-0.1, -0.05) is 18.2 Å². The lowest BCUT2D eigenvalue weighted by atomic mass is 10.1. The van der Waals surface area contributed by atoms with Crippen LogP contribution >= 0.6 is 0 Å². The Morgan fingerprint density at radius 3 is 2.95 bits per heavy atom. The van der Waals surface area contributed by atoms with Gasteiger partial charge in [0, 0.05) is 11.6 Å². The molecule has 0 radical (unpaired) electrons. The van der Waals surface area contributed by atoms with E-state index in [1.807, 2.05) is 30.3 Å². The van der Waals surface area contributed by atoms with Crippen LogP contribution in [-0.2, 0) is 9.53 Å². The first kappa shape index (κ1) is 12.8. The molecule has 2 aromatic rings. The maximum atomic E-state index is 11.6. The van der Waals surface area contributed by atoms with Gasteiger partial charge in [-0.15, -0.1) is 0 Å². The van der Waals surface area contributed by atoms with Crippen LogP contribution in [0.4, 0.5) is 0 Å². The van der Waals surface area contributed by atoms with Crippen LogP contribution in [0.25, 0.3) is 17.0 Å². The minimum absolute atomic E-state index is 0.0156. The minimum Gasteiger partial charge on any atom is -0.462 e. The molecule has 0 aliphatic rings. The van der Waals surface area contributed by atoms with Crippen molar-refractivity contribution in [2.24, 2.45) is 0 Å². The summed E-state index contributed by atoms with van der Waals surface area (Å²) in [5.41, 5.74) is 1.57.